The molecule has 1 aromatic heterocycles. The molecule has 0 saturated carbocycles. The minimum atomic E-state index is -0.697. The highest BCUT2D eigenvalue weighted by Crippen LogP contribution is 2.05. The first-order valence-electron chi connectivity index (χ1n) is 3.55. The fourth-order valence-electron chi connectivity index (χ4n) is 0.880. The Labute approximate surface area is 64.9 Å². The Hall–Kier alpha value is -0.940. The summed E-state index contributed by atoms with van der Waals surface area (Å²) in [5.41, 5.74) is 5.26. The van der Waals surface area contributed by atoms with Crippen molar-refractivity contribution in [3.05, 3.63) is 12.2 Å². The summed E-state index contributed by atoms with van der Waals surface area (Å²) in [7, 11) is 0. The first-order valence-corrected chi connectivity index (χ1v) is 3.55. The zero-order valence-electron chi connectivity index (χ0n) is 6.44. The van der Waals surface area contributed by atoms with Crippen molar-refractivity contribution in [1.82, 2.24) is 14.8 Å². The molecule has 5 heteroatoms. The highest BCUT2D eigenvalue weighted by atomic mass is 16.3. The van der Waals surface area contributed by atoms with Gasteiger partial charge < -0.3 is 10.8 Å². The van der Waals surface area contributed by atoms with Crippen LogP contribution >= 0.6 is 0 Å². The lowest BCUT2D eigenvalue weighted by Gasteiger charge is -2.06. The number of aromatic nitrogens is 3. The van der Waals surface area contributed by atoms with Crippen molar-refractivity contribution < 1.29 is 5.11 Å². The molecule has 0 unspecified atom stereocenters. The van der Waals surface area contributed by atoms with Crippen LogP contribution in [0.15, 0.2) is 6.33 Å². The molecule has 1 atom stereocenters. The summed E-state index contributed by atoms with van der Waals surface area (Å²) in [6.07, 6.45) is 0.718. The van der Waals surface area contributed by atoms with Gasteiger partial charge in [-0.1, -0.05) is 0 Å². The summed E-state index contributed by atoms with van der Waals surface area (Å²) in [5.74, 6) is 0.537. The molecule has 0 bridgehead atoms. The van der Waals surface area contributed by atoms with Gasteiger partial charge in [-0.05, 0) is 6.92 Å². The highest BCUT2D eigenvalue weighted by molar-refractivity contribution is 4.90. The normalized spacial score (nSPS) is 13.4. The van der Waals surface area contributed by atoms with Crippen LogP contribution in [-0.4, -0.2) is 26.4 Å². The predicted octanol–water partition coefficient (Wildman–Crippen LogP) is -0.710. The lowest BCUT2D eigenvalue weighted by Crippen LogP contribution is -2.17. The molecule has 1 aromatic rings. The number of aliphatic hydroxyl groups excluding tert-OH is 1. The Morgan fingerprint density at radius 2 is 2.55 bits per heavy atom. The van der Waals surface area contributed by atoms with E-state index in [1.807, 2.05) is 6.92 Å². The SMILES string of the molecule is CCn1ncnc1[C@H](O)CN. The second kappa shape index (κ2) is 3.45. The molecule has 0 radical (unpaired) electrons. The first kappa shape index (κ1) is 8.16. The number of nitrogens with two attached hydrogens (primary N) is 1. The summed E-state index contributed by atoms with van der Waals surface area (Å²) in [6, 6.07) is 0. The minimum Gasteiger partial charge on any atom is -0.384 e. The fraction of sp³-hybridized carbons (Fsp3) is 0.667. The van der Waals surface area contributed by atoms with E-state index < -0.39 is 6.10 Å². The zero-order valence-corrected chi connectivity index (χ0v) is 6.44. The van der Waals surface area contributed by atoms with Crippen molar-refractivity contribution in [2.24, 2.45) is 5.73 Å². The van der Waals surface area contributed by atoms with Gasteiger partial charge in [0.15, 0.2) is 5.82 Å². The van der Waals surface area contributed by atoms with Crippen molar-refractivity contribution in [1.29, 1.82) is 0 Å². The van der Waals surface area contributed by atoms with Gasteiger partial charge in [0, 0.05) is 13.1 Å². The van der Waals surface area contributed by atoms with Crippen LogP contribution in [0.3, 0.4) is 0 Å². The number of rotatable bonds is 3. The van der Waals surface area contributed by atoms with Crippen LogP contribution in [0.5, 0.6) is 0 Å². The molecule has 0 saturated heterocycles. The van der Waals surface area contributed by atoms with Crippen LogP contribution in [0, 0.1) is 0 Å². The molecule has 0 amide bonds. The van der Waals surface area contributed by atoms with Crippen LogP contribution in [0.25, 0.3) is 0 Å². The third-order valence-electron chi connectivity index (χ3n) is 1.47. The summed E-state index contributed by atoms with van der Waals surface area (Å²) in [4.78, 5) is 3.88. The average molecular weight is 156 g/mol. The largest absolute Gasteiger partial charge is 0.384 e. The summed E-state index contributed by atoms with van der Waals surface area (Å²) in [5, 5.41) is 13.2. The number of aryl methyl sites for hydroxylation is 1. The molecule has 3 N–H and O–H groups in total. The molecule has 0 aliphatic carbocycles. The lowest BCUT2D eigenvalue weighted by molar-refractivity contribution is 0.170. The number of nitrogens with zero attached hydrogens (tertiary/aromatic N) is 3. The lowest BCUT2D eigenvalue weighted by atomic mass is 10.3. The fourth-order valence-corrected chi connectivity index (χ4v) is 0.880. The predicted molar refractivity (Wildman–Crippen MR) is 39.7 cm³/mol. The second-order valence-corrected chi connectivity index (χ2v) is 2.19. The van der Waals surface area contributed by atoms with E-state index in [1.165, 1.54) is 6.33 Å². The van der Waals surface area contributed by atoms with Gasteiger partial charge in [0.1, 0.15) is 12.4 Å². The third-order valence-corrected chi connectivity index (χ3v) is 1.47. The summed E-state index contributed by atoms with van der Waals surface area (Å²) < 4.78 is 1.62. The maximum absolute atomic E-state index is 9.28. The van der Waals surface area contributed by atoms with Crippen molar-refractivity contribution in [2.45, 2.75) is 19.6 Å². The smallest absolute Gasteiger partial charge is 0.157 e. The number of aliphatic hydroxyl groups is 1. The van der Waals surface area contributed by atoms with Gasteiger partial charge in [0.05, 0.1) is 0 Å². The zero-order chi connectivity index (χ0) is 8.27. The summed E-state index contributed by atoms with van der Waals surface area (Å²) >= 11 is 0. The Balaban J connectivity index is 2.83. The van der Waals surface area contributed by atoms with Crippen molar-refractivity contribution in [2.75, 3.05) is 6.54 Å². The van der Waals surface area contributed by atoms with Gasteiger partial charge >= 0.3 is 0 Å². The van der Waals surface area contributed by atoms with Gasteiger partial charge in [-0.25, -0.2) is 9.67 Å². The van der Waals surface area contributed by atoms with Crippen LogP contribution in [0.4, 0.5) is 0 Å². The van der Waals surface area contributed by atoms with Crippen LogP contribution in [0.1, 0.15) is 18.9 Å². The van der Waals surface area contributed by atoms with Gasteiger partial charge in [-0.15, -0.1) is 0 Å². The maximum atomic E-state index is 9.28. The monoisotopic (exact) mass is 156 g/mol. The van der Waals surface area contributed by atoms with E-state index >= 15 is 0 Å². The van der Waals surface area contributed by atoms with E-state index in [4.69, 9.17) is 5.73 Å². The molecular weight excluding hydrogens is 144 g/mol. The highest BCUT2D eigenvalue weighted by Gasteiger charge is 2.11. The van der Waals surface area contributed by atoms with Crippen molar-refractivity contribution in [3.8, 4) is 0 Å². The molecule has 11 heavy (non-hydrogen) atoms. The molecular formula is C6H12N4O. The Bertz CT molecular complexity index is 222. The van der Waals surface area contributed by atoms with E-state index in [-0.39, 0.29) is 6.54 Å². The van der Waals surface area contributed by atoms with Gasteiger partial charge in [0.25, 0.3) is 0 Å². The average Bonchev–Trinajstić information content (AvgIpc) is 2.50. The third kappa shape index (κ3) is 1.55. The Kier molecular flexibility index (Phi) is 2.56. The summed E-state index contributed by atoms with van der Waals surface area (Å²) in [6.45, 7) is 2.81. The quantitative estimate of drug-likeness (QED) is 0.606. The molecule has 62 valence electrons. The van der Waals surface area contributed by atoms with Crippen molar-refractivity contribution >= 4 is 0 Å². The van der Waals surface area contributed by atoms with Crippen LogP contribution in [-0.2, 0) is 6.54 Å². The molecule has 0 aromatic carbocycles. The molecule has 1 heterocycles. The number of hydrogen-bond donors (Lipinski definition) is 2. The molecule has 0 fully saturated rings. The Morgan fingerprint density at radius 1 is 1.82 bits per heavy atom. The molecule has 0 aliphatic heterocycles. The topological polar surface area (TPSA) is 77.0 Å². The van der Waals surface area contributed by atoms with Gasteiger partial charge in [-0.3, -0.25) is 0 Å². The second-order valence-electron chi connectivity index (χ2n) is 2.19. The molecule has 1 rings (SSSR count). The van der Waals surface area contributed by atoms with E-state index in [2.05, 4.69) is 10.1 Å². The van der Waals surface area contributed by atoms with Crippen molar-refractivity contribution in [3.63, 3.8) is 0 Å². The first-order chi connectivity index (χ1) is 5.29. The van der Waals surface area contributed by atoms with E-state index in [1.54, 1.807) is 4.68 Å². The van der Waals surface area contributed by atoms with E-state index in [0.717, 1.165) is 0 Å². The van der Waals surface area contributed by atoms with Gasteiger partial charge in [-0.2, -0.15) is 5.10 Å². The van der Waals surface area contributed by atoms with E-state index in [0.29, 0.717) is 12.4 Å². The van der Waals surface area contributed by atoms with Crippen LogP contribution in [0.2, 0.25) is 0 Å². The minimum absolute atomic E-state index is 0.179. The maximum Gasteiger partial charge on any atom is 0.157 e. The number of hydrogen-bond acceptors (Lipinski definition) is 4. The molecule has 5 nitrogen and oxygen atoms in total. The van der Waals surface area contributed by atoms with E-state index in [9.17, 15) is 5.11 Å². The Morgan fingerprint density at radius 3 is 3.09 bits per heavy atom. The van der Waals surface area contributed by atoms with Gasteiger partial charge in [0.2, 0.25) is 0 Å². The standard InChI is InChI=1S/C6H12N4O/c1-2-10-6(5(11)3-7)8-4-9-10/h4-5,11H,2-3,7H2,1H3/t5-/m1/s1. The van der Waals surface area contributed by atoms with Crippen LogP contribution < -0.4 is 5.73 Å². The molecule has 0 spiro atoms. The molecule has 0 aliphatic rings.